The number of benzene rings is 3. The predicted molar refractivity (Wildman–Crippen MR) is 155 cm³/mol. The highest BCUT2D eigenvalue weighted by molar-refractivity contribution is 6.06. The number of fused-ring (bicyclic) bond motifs is 1. The topological polar surface area (TPSA) is 88.1 Å². The van der Waals surface area contributed by atoms with Crippen molar-refractivity contribution in [3.63, 3.8) is 0 Å². The van der Waals surface area contributed by atoms with Crippen LogP contribution in [-0.2, 0) is 23.7 Å². The molecule has 7 nitrogen and oxygen atoms in total. The zero-order chi connectivity index (χ0) is 29.6. The summed E-state index contributed by atoms with van der Waals surface area (Å²) in [6.45, 7) is 13.9. The summed E-state index contributed by atoms with van der Waals surface area (Å²) < 4.78 is 23.3. The van der Waals surface area contributed by atoms with Gasteiger partial charge in [-0.25, -0.2) is 9.59 Å². The highest BCUT2D eigenvalue weighted by Gasteiger charge is 2.42. The average molecular weight is 547 g/mol. The third-order valence-electron chi connectivity index (χ3n) is 5.84. The lowest BCUT2D eigenvalue weighted by atomic mass is 9.98. The number of rotatable bonds is 10. The minimum Gasteiger partial charge on any atom is -0.460 e. The van der Waals surface area contributed by atoms with Crippen LogP contribution in [0.25, 0.3) is 16.8 Å². The molecular weight excluding hydrogens is 508 g/mol. The molecule has 7 heteroatoms. The summed E-state index contributed by atoms with van der Waals surface area (Å²) in [5, 5.41) is 1.54. The molecule has 0 fully saturated rings. The summed E-state index contributed by atoms with van der Waals surface area (Å²) in [4.78, 5) is 39.7. The maximum absolute atomic E-state index is 13.4. The van der Waals surface area contributed by atoms with E-state index in [4.69, 9.17) is 18.9 Å². The third-order valence-corrected chi connectivity index (χ3v) is 5.84. The molecule has 0 spiro atoms. The molecule has 40 heavy (non-hydrogen) atoms. The van der Waals surface area contributed by atoms with Crippen molar-refractivity contribution in [3.8, 4) is 0 Å². The molecule has 0 aliphatic heterocycles. The van der Waals surface area contributed by atoms with E-state index in [9.17, 15) is 14.4 Å². The molecule has 0 aliphatic rings. The summed E-state index contributed by atoms with van der Waals surface area (Å²) in [6.07, 6.45) is 1.33. The quantitative estimate of drug-likeness (QED) is 0.204. The molecule has 212 valence electrons. The summed E-state index contributed by atoms with van der Waals surface area (Å²) in [6, 6.07) is 19.3. The third kappa shape index (κ3) is 8.52. The molecule has 0 N–H and O–H groups in total. The Hall–Kier alpha value is -3.97. The first kappa shape index (κ1) is 30.6. The SMILES string of the molecule is C=Cc1ccc(C(=O)OCC(COC(C)(C)C)(CC(=O)OC(C)(C)C)OC(=O)c2ccccc2)c2ccccc12. The van der Waals surface area contributed by atoms with Gasteiger partial charge in [0.05, 0.1) is 29.8 Å². The first-order valence-corrected chi connectivity index (χ1v) is 13.2. The fraction of sp³-hybridized carbons (Fsp3) is 0.364. The van der Waals surface area contributed by atoms with E-state index >= 15 is 0 Å². The molecule has 0 radical (unpaired) electrons. The second kappa shape index (κ2) is 12.5. The summed E-state index contributed by atoms with van der Waals surface area (Å²) >= 11 is 0. The van der Waals surface area contributed by atoms with Crippen LogP contribution >= 0.6 is 0 Å². The van der Waals surface area contributed by atoms with E-state index in [1.165, 1.54) is 0 Å². The highest BCUT2D eigenvalue weighted by Crippen LogP contribution is 2.28. The Morgan fingerprint density at radius 2 is 1.35 bits per heavy atom. The van der Waals surface area contributed by atoms with Crippen molar-refractivity contribution in [2.75, 3.05) is 13.2 Å². The lowest BCUT2D eigenvalue weighted by molar-refractivity contribution is -0.171. The Morgan fingerprint density at radius 1 is 0.725 bits per heavy atom. The molecule has 0 aromatic heterocycles. The van der Waals surface area contributed by atoms with Crippen LogP contribution in [-0.4, -0.2) is 47.9 Å². The smallest absolute Gasteiger partial charge is 0.338 e. The molecule has 0 aliphatic carbocycles. The van der Waals surface area contributed by atoms with Gasteiger partial charge < -0.3 is 18.9 Å². The van der Waals surface area contributed by atoms with Crippen LogP contribution in [0.5, 0.6) is 0 Å². The molecule has 3 aromatic carbocycles. The largest absolute Gasteiger partial charge is 0.460 e. The van der Waals surface area contributed by atoms with Gasteiger partial charge >= 0.3 is 17.9 Å². The van der Waals surface area contributed by atoms with E-state index in [2.05, 4.69) is 6.58 Å². The van der Waals surface area contributed by atoms with Gasteiger partial charge in [-0.15, -0.1) is 0 Å². The number of carbonyl (C=O) groups is 3. The number of esters is 3. The molecule has 0 saturated carbocycles. The Bertz CT molecular complexity index is 1360. The van der Waals surface area contributed by atoms with Crippen LogP contribution in [0.4, 0.5) is 0 Å². The van der Waals surface area contributed by atoms with E-state index in [0.717, 1.165) is 10.9 Å². The number of hydrogen-bond donors (Lipinski definition) is 0. The fourth-order valence-electron chi connectivity index (χ4n) is 4.01. The molecule has 3 rings (SSSR count). The Morgan fingerprint density at radius 3 is 1.95 bits per heavy atom. The molecule has 0 bridgehead atoms. The normalized spacial score (nSPS) is 13.2. The fourth-order valence-corrected chi connectivity index (χ4v) is 4.01. The predicted octanol–water partition coefficient (Wildman–Crippen LogP) is 6.78. The van der Waals surface area contributed by atoms with Crippen molar-refractivity contribution in [1.82, 2.24) is 0 Å². The van der Waals surface area contributed by atoms with Gasteiger partial charge in [0, 0.05) is 0 Å². The van der Waals surface area contributed by atoms with Gasteiger partial charge in [-0.3, -0.25) is 4.79 Å². The minimum atomic E-state index is -1.66. The van der Waals surface area contributed by atoms with Crippen LogP contribution in [0.2, 0.25) is 0 Å². The van der Waals surface area contributed by atoms with Crippen molar-refractivity contribution < 1.29 is 33.3 Å². The van der Waals surface area contributed by atoms with Crippen LogP contribution < -0.4 is 0 Å². The number of carbonyl (C=O) groups excluding carboxylic acids is 3. The van der Waals surface area contributed by atoms with Crippen LogP contribution in [0.1, 0.15) is 74.2 Å². The molecule has 3 aromatic rings. The Balaban J connectivity index is 1.98. The van der Waals surface area contributed by atoms with Gasteiger partial charge in [-0.05, 0) is 76.1 Å². The van der Waals surface area contributed by atoms with Crippen molar-refractivity contribution in [2.45, 2.75) is 64.8 Å². The maximum atomic E-state index is 13.4. The van der Waals surface area contributed by atoms with Gasteiger partial charge in [0.2, 0.25) is 0 Å². The van der Waals surface area contributed by atoms with E-state index in [1.807, 2.05) is 45.0 Å². The van der Waals surface area contributed by atoms with E-state index in [0.29, 0.717) is 10.9 Å². The van der Waals surface area contributed by atoms with Gasteiger partial charge in [-0.1, -0.05) is 61.2 Å². The first-order chi connectivity index (χ1) is 18.7. The van der Waals surface area contributed by atoms with E-state index < -0.39 is 41.3 Å². The maximum Gasteiger partial charge on any atom is 0.338 e. The average Bonchev–Trinajstić information content (AvgIpc) is 2.89. The second-order valence-electron chi connectivity index (χ2n) is 11.6. The lowest BCUT2D eigenvalue weighted by Gasteiger charge is -2.35. The second-order valence-corrected chi connectivity index (χ2v) is 11.6. The minimum absolute atomic E-state index is 0.211. The van der Waals surface area contributed by atoms with Crippen LogP contribution in [0.15, 0.2) is 73.3 Å². The highest BCUT2D eigenvalue weighted by atomic mass is 16.6. The monoisotopic (exact) mass is 546 g/mol. The number of hydrogen-bond acceptors (Lipinski definition) is 7. The van der Waals surface area contributed by atoms with E-state index in [1.54, 1.807) is 69.3 Å². The summed E-state index contributed by atoms with van der Waals surface area (Å²) in [5.41, 5.74) is -1.59. The van der Waals surface area contributed by atoms with E-state index in [-0.39, 0.29) is 18.6 Å². The van der Waals surface area contributed by atoms with Crippen molar-refractivity contribution in [3.05, 3.63) is 90.0 Å². The summed E-state index contributed by atoms with van der Waals surface area (Å²) in [7, 11) is 0. The molecule has 0 amide bonds. The Kier molecular flexibility index (Phi) is 9.53. The molecule has 1 atom stereocenters. The van der Waals surface area contributed by atoms with Crippen molar-refractivity contribution >= 4 is 34.8 Å². The summed E-state index contributed by atoms with van der Waals surface area (Å²) in [5.74, 6) is -1.94. The molecule has 0 saturated heterocycles. The number of ether oxygens (including phenoxy) is 4. The van der Waals surface area contributed by atoms with Crippen molar-refractivity contribution in [2.24, 2.45) is 0 Å². The van der Waals surface area contributed by atoms with Gasteiger partial charge in [0.15, 0.2) is 5.60 Å². The Labute approximate surface area is 236 Å². The zero-order valence-corrected chi connectivity index (χ0v) is 24.1. The first-order valence-electron chi connectivity index (χ1n) is 13.2. The molecule has 1 unspecified atom stereocenters. The van der Waals surface area contributed by atoms with Crippen molar-refractivity contribution in [1.29, 1.82) is 0 Å². The standard InChI is InChI=1S/C33H38O7/c1-8-23-18-19-27(26-17-13-12-16-25(23)26)30(36)37-21-33(22-38-31(2,3)4,20-28(34)39-32(5,6)7)40-29(35)24-14-10-9-11-15-24/h8-19H,1,20-22H2,2-7H3. The van der Waals surface area contributed by atoms with Crippen LogP contribution in [0, 0.1) is 0 Å². The molecular formula is C33H38O7. The van der Waals surface area contributed by atoms with Crippen LogP contribution in [0.3, 0.4) is 0 Å². The van der Waals surface area contributed by atoms with Gasteiger partial charge in [0.25, 0.3) is 0 Å². The molecule has 0 heterocycles. The zero-order valence-electron chi connectivity index (χ0n) is 24.1. The van der Waals surface area contributed by atoms with Gasteiger partial charge in [-0.2, -0.15) is 0 Å². The lowest BCUT2D eigenvalue weighted by Crippen LogP contribution is -2.49. The van der Waals surface area contributed by atoms with Gasteiger partial charge in [0.1, 0.15) is 12.2 Å².